The third-order valence-corrected chi connectivity index (χ3v) is 4.53. The van der Waals surface area contributed by atoms with Gasteiger partial charge in [-0.25, -0.2) is 0 Å². The SMILES string of the molecule is CCC1(C)CCN(C(C)CCCNC)CC1. The molecule has 1 unspecified atom stereocenters. The molecule has 0 aromatic carbocycles. The van der Waals surface area contributed by atoms with Crippen LogP contribution in [0.4, 0.5) is 0 Å². The molecule has 2 heteroatoms. The van der Waals surface area contributed by atoms with E-state index in [9.17, 15) is 0 Å². The van der Waals surface area contributed by atoms with E-state index >= 15 is 0 Å². The van der Waals surface area contributed by atoms with Crippen LogP contribution in [0.1, 0.15) is 52.9 Å². The quantitative estimate of drug-likeness (QED) is 0.701. The lowest BCUT2D eigenvalue weighted by atomic mass is 9.78. The summed E-state index contributed by atoms with van der Waals surface area (Å²) in [6, 6.07) is 0.773. The van der Waals surface area contributed by atoms with Gasteiger partial charge >= 0.3 is 0 Å². The van der Waals surface area contributed by atoms with Crippen LogP contribution in [0.15, 0.2) is 0 Å². The van der Waals surface area contributed by atoms with Gasteiger partial charge in [0, 0.05) is 6.04 Å². The van der Waals surface area contributed by atoms with E-state index in [4.69, 9.17) is 0 Å². The first kappa shape index (κ1) is 14.0. The number of nitrogens with one attached hydrogen (secondary N) is 1. The fourth-order valence-corrected chi connectivity index (χ4v) is 2.62. The molecule has 1 heterocycles. The van der Waals surface area contributed by atoms with Crippen LogP contribution < -0.4 is 5.32 Å². The normalized spacial score (nSPS) is 23.2. The van der Waals surface area contributed by atoms with Crippen molar-refractivity contribution in [3.05, 3.63) is 0 Å². The van der Waals surface area contributed by atoms with Gasteiger partial charge in [0.15, 0.2) is 0 Å². The predicted octanol–water partition coefficient (Wildman–Crippen LogP) is 2.89. The summed E-state index contributed by atoms with van der Waals surface area (Å²) in [7, 11) is 2.04. The van der Waals surface area contributed by atoms with E-state index in [0.717, 1.165) is 12.6 Å². The van der Waals surface area contributed by atoms with E-state index < -0.39 is 0 Å². The van der Waals surface area contributed by atoms with Gasteiger partial charge in [0.1, 0.15) is 0 Å². The monoisotopic (exact) mass is 226 g/mol. The van der Waals surface area contributed by atoms with Crippen molar-refractivity contribution in [1.29, 1.82) is 0 Å². The average molecular weight is 226 g/mol. The van der Waals surface area contributed by atoms with Gasteiger partial charge in [0.2, 0.25) is 0 Å². The predicted molar refractivity (Wildman–Crippen MR) is 71.8 cm³/mol. The van der Waals surface area contributed by atoms with Gasteiger partial charge in [0.05, 0.1) is 0 Å². The molecule has 1 aliphatic heterocycles. The topological polar surface area (TPSA) is 15.3 Å². The zero-order chi connectivity index (χ0) is 12.0. The fraction of sp³-hybridized carbons (Fsp3) is 1.00. The van der Waals surface area contributed by atoms with Crippen LogP contribution in [0, 0.1) is 5.41 Å². The molecule has 0 amide bonds. The highest BCUT2D eigenvalue weighted by atomic mass is 15.2. The van der Waals surface area contributed by atoms with Crippen LogP contribution in [0.3, 0.4) is 0 Å². The fourth-order valence-electron chi connectivity index (χ4n) is 2.62. The van der Waals surface area contributed by atoms with Crippen LogP contribution in [-0.2, 0) is 0 Å². The third kappa shape index (κ3) is 4.06. The summed E-state index contributed by atoms with van der Waals surface area (Å²) >= 11 is 0. The van der Waals surface area contributed by atoms with E-state index in [1.54, 1.807) is 0 Å². The molecule has 0 aliphatic carbocycles. The van der Waals surface area contributed by atoms with Gasteiger partial charge in [-0.1, -0.05) is 20.3 Å². The number of hydrogen-bond donors (Lipinski definition) is 1. The Morgan fingerprint density at radius 2 is 1.94 bits per heavy atom. The third-order valence-electron chi connectivity index (χ3n) is 4.53. The molecular formula is C14H30N2. The Labute approximate surface area is 102 Å². The average Bonchev–Trinajstić information content (AvgIpc) is 2.30. The van der Waals surface area contributed by atoms with Crippen molar-refractivity contribution >= 4 is 0 Å². The molecule has 1 aliphatic rings. The van der Waals surface area contributed by atoms with Crippen molar-refractivity contribution in [3.63, 3.8) is 0 Å². The van der Waals surface area contributed by atoms with Gasteiger partial charge in [-0.3, -0.25) is 0 Å². The van der Waals surface area contributed by atoms with E-state index in [1.165, 1.54) is 45.2 Å². The smallest absolute Gasteiger partial charge is 0.00674 e. The molecule has 0 bridgehead atoms. The lowest BCUT2D eigenvalue weighted by molar-refractivity contribution is 0.0828. The second-order valence-electron chi connectivity index (χ2n) is 5.79. The van der Waals surface area contributed by atoms with Gasteiger partial charge < -0.3 is 10.2 Å². The summed E-state index contributed by atoms with van der Waals surface area (Å²) < 4.78 is 0. The van der Waals surface area contributed by atoms with Crippen molar-refractivity contribution < 1.29 is 0 Å². The summed E-state index contributed by atoms with van der Waals surface area (Å²) in [6.07, 6.45) is 6.76. The maximum atomic E-state index is 3.23. The minimum absolute atomic E-state index is 0.626. The van der Waals surface area contributed by atoms with Crippen molar-refractivity contribution in [3.8, 4) is 0 Å². The van der Waals surface area contributed by atoms with Crippen molar-refractivity contribution in [1.82, 2.24) is 10.2 Å². The molecule has 1 rings (SSSR count). The first-order valence-electron chi connectivity index (χ1n) is 7.00. The number of likely N-dealkylation sites (tertiary alicyclic amines) is 1. The number of piperidine rings is 1. The van der Waals surface area contributed by atoms with E-state index in [1.807, 2.05) is 7.05 Å². The highest BCUT2D eigenvalue weighted by molar-refractivity contribution is 4.83. The first-order chi connectivity index (χ1) is 7.61. The molecule has 0 radical (unpaired) electrons. The minimum Gasteiger partial charge on any atom is -0.320 e. The Kier molecular flexibility index (Phi) is 5.77. The maximum Gasteiger partial charge on any atom is 0.00674 e. The zero-order valence-electron chi connectivity index (χ0n) is 11.7. The zero-order valence-corrected chi connectivity index (χ0v) is 11.7. The molecule has 2 nitrogen and oxygen atoms in total. The molecule has 0 spiro atoms. The molecule has 96 valence electrons. The molecule has 1 N–H and O–H groups in total. The van der Waals surface area contributed by atoms with Crippen molar-refractivity contribution in [2.75, 3.05) is 26.7 Å². The van der Waals surface area contributed by atoms with Crippen molar-refractivity contribution in [2.24, 2.45) is 5.41 Å². The molecule has 0 aromatic heterocycles. The van der Waals surface area contributed by atoms with Gasteiger partial charge in [0.25, 0.3) is 0 Å². The van der Waals surface area contributed by atoms with Crippen LogP contribution in [-0.4, -0.2) is 37.6 Å². The van der Waals surface area contributed by atoms with Gasteiger partial charge in [-0.05, 0) is 64.7 Å². The molecule has 1 atom stereocenters. The first-order valence-corrected chi connectivity index (χ1v) is 7.00. The van der Waals surface area contributed by atoms with Crippen LogP contribution >= 0.6 is 0 Å². The summed E-state index contributed by atoms with van der Waals surface area (Å²) in [5, 5.41) is 3.23. The lowest BCUT2D eigenvalue weighted by Gasteiger charge is -2.41. The van der Waals surface area contributed by atoms with Gasteiger partial charge in [-0.2, -0.15) is 0 Å². The maximum absolute atomic E-state index is 3.23. The molecule has 0 aromatic rings. The summed E-state index contributed by atoms with van der Waals surface area (Å²) in [6.45, 7) is 11.0. The summed E-state index contributed by atoms with van der Waals surface area (Å²) in [5.41, 5.74) is 0.626. The largest absolute Gasteiger partial charge is 0.320 e. The number of rotatable bonds is 6. The standard InChI is InChI=1S/C14H30N2/c1-5-14(3)8-11-16(12-9-14)13(2)7-6-10-15-4/h13,15H,5-12H2,1-4H3. The Bertz CT molecular complexity index is 183. The second kappa shape index (κ2) is 6.61. The Morgan fingerprint density at radius 1 is 1.31 bits per heavy atom. The minimum atomic E-state index is 0.626. The van der Waals surface area contributed by atoms with E-state index in [0.29, 0.717) is 5.41 Å². The lowest BCUT2D eigenvalue weighted by Crippen LogP contribution is -2.43. The van der Waals surface area contributed by atoms with Crippen LogP contribution in [0.25, 0.3) is 0 Å². The second-order valence-corrected chi connectivity index (χ2v) is 5.79. The Morgan fingerprint density at radius 3 is 2.44 bits per heavy atom. The highest BCUT2D eigenvalue weighted by Gasteiger charge is 2.29. The van der Waals surface area contributed by atoms with Crippen molar-refractivity contribution in [2.45, 2.75) is 58.9 Å². The van der Waals surface area contributed by atoms with Crippen LogP contribution in [0.2, 0.25) is 0 Å². The molecule has 1 fully saturated rings. The molecule has 0 saturated carbocycles. The number of nitrogens with zero attached hydrogens (tertiary/aromatic N) is 1. The molecule has 1 saturated heterocycles. The Balaban J connectivity index is 2.24. The van der Waals surface area contributed by atoms with E-state index in [2.05, 4.69) is 31.0 Å². The van der Waals surface area contributed by atoms with Crippen LogP contribution in [0.5, 0.6) is 0 Å². The highest BCUT2D eigenvalue weighted by Crippen LogP contribution is 2.34. The van der Waals surface area contributed by atoms with Gasteiger partial charge in [-0.15, -0.1) is 0 Å². The summed E-state index contributed by atoms with van der Waals surface area (Å²) in [4.78, 5) is 2.69. The molecule has 16 heavy (non-hydrogen) atoms. The Hall–Kier alpha value is -0.0800. The number of hydrogen-bond acceptors (Lipinski definition) is 2. The summed E-state index contributed by atoms with van der Waals surface area (Å²) in [5.74, 6) is 0. The molecular weight excluding hydrogens is 196 g/mol. The van der Waals surface area contributed by atoms with E-state index in [-0.39, 0.29) is 0 Å².